The van der Waals surface area contributed by atoms with Gasteiger partial charge in [0.2, 0.25) is 0 Å². The number of amides is 1. The van der Waals surface area contributed by atoms with Crippen LogP contribution in [0.25, 0.3) is 10.1 Å². The fourth-order valence-corrected chi connectivity index (χ4v) is 6.70. The van der Waals surface area contributed by atoms with Gasteiger partial charge in [-0.25, -0.2) is 13.2 Å². The molecule has 0 radical (unpaired) electrons. The van der Waals surface area contributed by atoms with Gasteiger partial charge in [0.25, 0.3) is 10.0 Å². The molecule has 3 aromatic rings. The predicted molar refractivity (Wildman–Crippen MR) is 129 cm³/mol. The second kappa shape index (κ2) is 8.24. The largest absolute Gasteiger partial charge is 0.444 e. The van der Waals surface area contributed by atoms with Gasteiger partial charge in [-0.3, -0.25) is 4.72 Å². The molecule has 170 valence electrons. The Balaban J connectivity index is 1.54. The molecule has 0 bridgehead atoms. The van der Waals surface area contributed by atoms with Crippen molar-refractivity contribution in [1.82, 2.24) is 4.90 Å². The first-order valence-electron chi connectivity index (χ1n) is 10.2. The summed E-state index contributed by atoms with van der Waals surface area (Å²) in [7, 11) is -3.75. The molecule has 1 amide bonds. The first-order chi connectivity index (χ1) is 14.9. The van der Waals surface area contributed by atoms with E-state index in [0.29, 0.717) is 35.8 Å². The number of sulfonamides is 1. The molecule has 1 N–H and O–H groups in total. The lowest BCUT2D eigenvalue weighted by molar-refractivity contribution is 0.0224. The Hall–Kier alpha value is -2.29. The lowest BCUT2D eigenvalue weighted by atomic mass is 9.99. The molecular formula is C23H25ClN2O4S2. The number of ether oxygens (including phenoxy) is 1. The number of nitrogens with zero attached hydrogens (tertiary/aromatic N) is 1. The van der Waals surface area contributed by atoms with E-state index >= 15 is 0 Å². The van der Waals surface area contributed by atoms with Crippen LogP contribution in [0.2, 0.25) is 5.02 Å². The molecule has 2 aromatic carbocycles. The van der Waals surface area contributed by atoms with Crippen molar-refractivity contribution in [2.75, 3.05) is 11.3 Å². The standard InChI is InChI=1S/C23H25ClN2O4S2/c1-14-19-12-17(24)6-8-20(19)31-21(14)32(28,29)25-18-7-5-16-13-26(10-9-15(16)11-18)22(27)30-23(2,3)4/h5-8,11-12,25H,9-10,13H2,1-4H3. The summed E-state index contributed by atoms with van der Waals surface area (Å²) >= 11 is 7.31. The first kappa shape index (κ1) is 22.9. The van der Waals surface area contributed by atoms with Crippen molar-refractivity contribution in [1.29, 1.82) is 0 Å². The van der Waals surface area contributed by atoms with Gasteiger partial charge in [0, 0.05) is 28.5 Å². The van der Waals surface area contributed by atoms with Gasteiger partial charge in [-0.2, -0.15) is 0 Å². The van der Waals surface area contributed by atoms with Crippen LogP contribution in [0, 0.1) is 6.92 Å². The van der Waals surface area contributed by atoms with Gasteiger partial charge < -0.3 is 9.64 Å². The monoisotopic (exact) mass is 492 g/mol. The second-order valence-electron chi connectivity index (χ2n) is 8.90. The van der Waals surface area contributed by atoms with E-state index in [9.17, 15) is 13.2 Å². The minimum absolute atomic E-state index is 0.281. The fraction of sp³-hybridized carbons (Fsp3) is 0.348. The van der Waals surface area contributed by atoms with Crippen molar-refractivity contribution in [3.63, 3.8) is 0 Å². The molecule has 0 saturated heterocycles. The highest BCUT2D eigenvalue weighted by Crippen LogP contribution is 2.36. The quantitative estimate of drug-likeness (QED) is 0.489. The number of hydrogen-bond acceptors (Lipinski definition) is 5. The minimum atomic E-state index is -3.75. The molecular weight excluding hydrogens is 468 g/mol. The first-order valence-corrected chi connectivity index (χ1v) is 12.9. The van der Waals surface area contributed by atoms with Crippen LogP contribution < -0.4 is 4.72 Å². The predicted octanol–water partition coefficient (Wildman–Crippen LogP) is 5.96. The van der Waals surface area contributed by atoms with E-state index in [2.05, 4.69) is 4.72 Å². The van der Waals surface area contributed by atoms with Gasteiger partial charge in [-0.1, -0.05) is 17.7 Å². The zero-order valence-electron chi connectivity index (χ0n) is 18.4. The van der Waals surface area contributed by atoms with E-state index in [-0.39, 0.29) is 10.3 Å². The highest BCUT2D eigenvalue weighted by atomic mass is 35.5. The van der Waals surface area contributed by atoms with E-state index < -0.39 is 15.6 Å². The van der Waals surface area contributed by atoms with Crippen LogP contribution in [0.15, 0.2) is 40.6 Å². The fourth-order valence-electron chi connectivity index (χ4n) is 3.73. The third-order valence-electron chi connectivity index (χ3n) is 5.22. The average Bonchev–Trinajstić information content (AvgIpc) is 3.03. The summed E-state index contributed by atoms with van der Waals surface area (Å²) in [6.07, 6.45) is 0.290. The molecule has 0 fully saturated rings. The molecule has 1 aliphatic heterocycles. The number of rotatable bonds is 3. The molecule has 0 unspecified atom stereocenters. The smallest absolute Gasteiger partial charge is 0.410 e. The van der Waals surface area contributed by atoms with Crippen molar-refractivity contribution in [3.05, 3.63) is 58.1 Å². The Bertz CT molecular complexity index is 1310. The third kappa shape index (κ3) is 4.72. The Morgan fingerprint density at radius 1 is 1.16 bits per heavy atom. The summed E-state index contributed by atoms with van der Waals surface area (Å²) in [5.41, 5.74) is 2.65. The molecule has 4 rings (SSSR count). The summed E-state index contributed by atoms with van der Waals surface area (Å²) < 4.78 is 35.6. The number of aryl methyl sites for hydroxylation is 1. The zero-order valence-corrected chi connectivity index (χ0v) is 20.7. The maximum absolute atomic E-state index is 13.1. The summed E-state index contributed by atoms with van der Waals surface area (Å²) in [4.78, 5) is 14.0. The normalized spacial score (nSPS) is 14.3. The molecule has 0 atom stereocenters. The second-order valence-corrected chi connectivity index (χ2v) is 12.3. The number of nitrogens with one attached hydrogen (secondary N) is 1. The van der Waals surface area contributed by atoms with Crippen LogP contribution in [0.3, 0.4) is 0 Å². The van der Waals surface area contributed by atoms with E-state index in [1.165, 1.54) is 11.3 Å². The lowest BCUT2D eigenvalue weighted by Crippen LogP contribution is -2.39. The van der Waals surface area contributed by atoms with Crippen LogP contribution in [-0.2, 0) is 27.7 Å². The van der Waals surface area contributed by atoms with Crippen LogP contribution in [-0.4, -0.2) is 31.6 Å². The number of fused-ring (bicyclic) bond motifs is 2. The Morgan fingerprint density at radius 2 is 1.91 bits per heavy atom. The Labute approximate surface area is 197 Å². The van der Waals surface area contributed by atoms with Crippen molar-refractivity contribution < 1.29 is 17.9 Å². The van der Waals surface area contributed by atoms with Crippen molar-refractivity contribution in [2.24, 2.45) is 0 Å². The van der Waals surface area contributed by atoms with Gasteiger partial charge in [-0.05, 0) is 86.5 Å². The number of halogens is 1. The maximum atomic E-state index is 13.1. The Kier molecular flexibility index (Phi) is 5.90. The molecule has 0 saturated carbocycles. The summed E-state index contributed by atoms with van der Waals surface area (Å²) in [6, 6.07) is 10.8. The highest BCUT2D eigenvalue weighted by Gasteiger charge is 2.27. The number of hydrogen-bond donors (Lipinski definition) is 1. The maximum Gasteiger partial charge on any atom is 0.410 e. The van der Waals surface area contributed by atoms with Crippen LogP contribution in [0.1, 0.15) is 37.5 Å². The molecule has 0 aliphatic carbocycles. The van der Waals surface area contributed by atoms with Crippen molar-refractivity contribution in [3.8, 4) is 0 Å². The van der Waals surface area contributed by atoms with Gasteiger partial charge in [0.1, 0.15) is 9.81 Å². The van der Waals surface area contributed by atoms with Crippen LogP contribution >= 0.6 is 22.9 Å². The topological polar surface area (TPSA) is 75.7 Å². The molecule has 2 heterocycles. The molecule has 1 aromatic heterocycles. The van der Waals surface area contributed by atoms with E-state index in [4.69, 9.17) is 16.3 Å². The van der Waals surface area contributed by atoms with Gasteiger partial charge in [0.15, 0.2) is 0 Å². The van der Waals surface area contributed by atoms with Gasteiger partial charge in [-0.15, -0.1) is 11.3 Å². The lowest BCUT2D eigenvalue weighted by Gasteiger charge is -2.31. The van der Waals surface area contributed by atoms with E-state index in [1.807, 2.05) is 39.0 Å². The molecule has 1 aliphatic rings. The van der Waals surface area contributed by atoms with E-state index in [1.54, 1.807) is 30.0 Å². The third-order valence-corrected chi connectivity index (χ3v) is 8.73. The van der Waals surface area contributed by atoms with Crippen LogP contribution in [0.5, 0.6) is 0 Å². The summed E-state index contributed by atoms with van der Waals surface area (Å²) in [5.74, 6) is 0. The molecule has 6 nitrogen and oxygen atoms in total. The van der Waals surface area contributed by atoms with Crippen molar-refractivity contribution in [2.45, 2.75) is 50.5 Å². The van der Waals surface area contributed by atoms with Gasteiger partial charge in [0.05, 0.1) is 0 Å². The highest BCUT2D eigenvalue weighted by molar-refractivity contribution is 7.94. The van der Waals surface area contributed by atoms with Crippen LogP contribution in [0.4, 0.5) is 10.5 Å². The zero-order chi connectivity index (χ0) is 23.3. The number of thiophene rings is 1. The Morgan fingerprint density at radius 3 is 2.62 bits per heavy atom. The average molecular weight is 493 g/mol. The summed E-state index contributed by atoms with van der Waals surface area (Å²) in [5, 5.41) is 1.42. The molecule has 9 heteroatoms. The molecule has 32 heavy (non-hydrogen) atoms. The molecule has 0 spiro atoms. The van der Waals surface area contributed by atoms with E-state index in [0.717, 1.165) is 21.2 Å². The number of carbonyl (C=O) groups excluding carboxylic acids is 1. The SMILES string of the molecule is Cc1c(S(=O)(=O)Nc2ccc3c(c2)CCN(C(=O)OC(C)(C)C)C3)sc2ccc(Cl)cc12. The number of benzene rings is 2. The van der Waals surface area contributed by atoms with Gasteiger partial charge >= 0.3 is 6.09 Å². The minimum Gasteiger partial charge on any atom is -0.444 e. The van der Waals surface area contributed by atoms with Crippen molar-refractivity contribution >= 4 is 54.8 Å². The number of carbonyl (C=O) groups is 1. The number of anilines is 1. The summed E-state index contributed by atoms with van der Waals surface area (Å²) in [6.45, 7) is 8.28.